The largest absolute Gasteiger partial charge is 0.411 e. The standard InChI is InChI=1S/C15H19N3O/c1-11-9-13(10-16-19)12(2)18(11)15-7-5-14(6-8-15)17(3)4/h5-10,19H,1-4H3/b16-10-. The van der Waals surface area contributed by atoms with E-state index in [-0.39, 0.29) is 0 Å². The average molecular weight is 257 g/mol. The van der Waals surface area contributed by atoms with E-state index < -0.39 is 0 Å². The van der Waals surface area contributed by atoms with Crippen LogP contribution in [0.5, 0.6) is 0 Å². The van der Waals surface area contributed by atoms with Crippen LogP contribution < -0.4 is 4.90 Å². The molecule has 0 aliphatic carbocycles. The second-order valence-corrected chi connectivity index (χ2v) is 4.82. The molecule has 1 aromatic heterocycles. The second-order valence-electron chi connectivity index (χ2n) is 4.82. The first-order valence-corrected chi connectivity index (χ1v) is 6.18. The summed E-state index contributed by atoms with van der Waals surface area (Å²) in [4.78, 5) is 2.07. The summed E-state index contributed by atoms with van der Waals surface area (Å²) in [5.41, 5.74) is 5.39. The first-order chi connectivity index (χ1) is 9.04. The van der Waals surface area contributed by atoms with Crippen LogP contribution in [0.1, 0.15) is 17.0 Å². The molecule has 19 heavy (non-hydrogen) atoms. The van der Waals surface area contributed by atoms with Gasteiger partial charge < -0.3 is 14.7 Å². The van der Waals surface area contributed by atoms with Crippen LogP contribution in [0.25, 0.3) is 5.69 Å². The molecule has 0 saturated carbocycles. The van der Waals surface area contributed by atoms with Crippen LogP contribution >= 0.6 is 0 Å². The Balaban J connectivity index is 2.47. The normalized spacial score (nSPS) is 11.2. The lowest BCUT2D eigenvalue weighted by Gasteiger charge is -2.14. The number of oxime groups is 1. The van der Waals surface area contributed by atoms with E-state index in [0.717, 1.165) is 22.6 Å². The third-order valence-electron chi connectivity index (χ3n) is 3.29. The van der Waals surface area contributed by atoms with Crippen molar-refractivity contribution in [3.63, 3.8) is 0 Å². The van der Waals surface area contributed by atoms with Gasteiger partial charge in [-0.2, -0.15) is 0 Å². The molecular weight excluding hydrogens is 238 g/mol. The lowest BCUT2D eigenvalue weighted by molar-refractivity contribution is 0.322. The van der Waals surface area contributed by atoms with E-state index in [9.17, 15) is 0 Å². The van der Waals surface area contributed by atoms with Crippen LogP contribution in [0.2, 0.25) is 0 Å². The monoisotopic (exact) mass is 257 g/mol. The van der Waals surface area contributed by atoms with Crippen molar-refractivity contribution in [2.45, 2.75) is 13.8 Å². The molecule has 0 fully saturated rings. The van der Waals surface area contributed by atoms with Gasteiger partial charge in [-0.25, -0.2) is 0 Å². The lowest BCUT2D eigenvalue weighted by Crippen LogP contribution is -2.08. The van der Waals surface area contributed by atoms with Gasteiger partial charge in [0.05, 0.1) is 6.21 Å². The summed E-state index contributed by atoms with van der Waals surface area (Å²) >= 11 is 0. The highest BCUT2D eigenvalue weighted by atomic mass is 16.4. The molecule has 0 atom stereocenters. The van der Waals surface area contributed by atoms with Crippen molar-refractivity contribution < 1.29 is 5.21 Å². The van der Waals surface area contributed by atoms with Crippen molar-refractivity contribution in [1.82, 2.24) is 4.57 Å². The van der Waals surface area contributed by atoms with Gasteiger partial charge in [-0.05, 0) is 44.2 Å². The SMILES string of the molecule is Cc1cc(/C=N\O)c(C)n1-c1ccc(N(C)C)cc1. The predicted molar refractivity (Wildman–Crippen MR) is 79.0 cm³/mol. The summed E-state index contributed by atoms with van der Waals surface area (Å²) in [5, 5.41) is 11.8. The molecule has 0 aliphatic heterocycles. The molecule has 0 aliphatic rings. The molecular formula is C15H19N3O. The minimum absolute atomic E-state index is 0.927. The van der Waals surface area contributed by atoms with Crippen molar-refractivity contribution in [2.24, 2.45) is 5.16 Å². The van der Waals surface area contributed by atoms with Gasteiger partial charge in [-0.1, -0.05) is 5.16 Å². The van der Waals surface area contributed by atoms with Crippen LogP contribution in [0.4, 0.5) is 5.69 Å². The molecule has 0 bridgehead atoms. The summed E-state index contributed by atoms with van der Waals surface area (Å²) in [5.74, 6) is 0. The molecule has 2 rings (SSSR count). The number of aromatic nitrogens is 1. The van der Waals surface area contributed by atoms with Gasteiger partial charge in [0.25, 0.3) is 0 Å². The Morgan fingerprint density at radius 3 is 2.32 bits per heavy atom. The zero-order chi connectivity index (χ0) is 14.0. The fourth-order valence-electron chi connectivity index (χ4n) is 2.28. The van der Waals surface area contributed by atoms with Crippen LogP contribution in [-0.2, 0) is 0 Å². The van der Waals surface area contributed by atoms with Crippen LogP contribution in [0, 0.1) is 13.8 Å². The quantitative estimate of drug-likeness (QED) is 0.522. The molecule has 1 heterocycles. The number of hydrogen-bond donors (Lipinski definition) is 1. The van der Waals surface area contributed by atoms with Crippen LogP contribution in [0.15, 0.2) is 35.5 Å². The predicted octanol–water partition coefficient (Wildman–Crippen LogP) is 2.97. The zero-order valence-electron chi connectivity index (χ0n) is 11.8. The van der Waals surface area contributed by atoms with Crippen molar-refractivity contribution in [3.8, 4) is 5.69 Å². The van der Waals surface area contributed by atoms with E-state index in [1.54, 1.807) is 0 Å². The molecule has 0 amide bonds. The number of anilines is 1. The Bertz CT molecular complexity index is 595. The first kappa shape index (κ1) is 13.2. The lowest BCUT2D eigenvalue weighted by atomic mass is 10.2. The van der Waals surface area contributed by atoms with E-state index in [0.29, 0.717) is 0 Å². The average Bonchev–Trinajstić information content (AvgIpc) is 2.65. The molecule has 1 aromatic carbocycles. The summed E-state index contributed by atoms with van der Waals surface area (Å²) in [6.45, 7) is 4.06. The molecule has 1 N–H and O–H groups in total. The Morgan fingerprint density at radius 1 is 1.16 bits per heavy atom. The third kappa shape index (κ3) is 2.47. The Kier molecular flexibility index (Phi) is 3.60. The van der Waals surface area contributed by atoms with Crippen molar-refractivity contribution in [3.05, 3.63) is 47.3 Å². The van der Waals surface area contributed by atoms with Gasteiger partial charge in [-0.15, -0.1) is 0 Å². The Hall–Kier alpha value is -2.23. The number of nitrogens with zero attached hydrogens (tertiary/aromatic N) is 3. The minimum Gasteiger partial charge on any atom is -0.411 e. The van der Waals surface area contributed by atoms with E-state index in [1.807, 2.05) is 34.0 Å². The zero-order valence-corrected chi connectivity index (χ0v) is 11.8. The van der Waals surface area contributed by atoms with Gasteiger partial charge in [0.15, 0.2) is 0 Å². The van der Waals surface area contributed by atoms with Gasteiger partial charge in [-0.3, -0.25) is 0 Å². The Morgan fingerprint density at radius 2 is 1.79 bits per heavy atom. The summed E-state index contributed by atoms with van der Waals surface area (Å²) < 4.78 is 2.15. The van der Waals surface area contributed by atoms with Crippen molar-refractivity contribution >= 4 is 11.9 Å². The molecule has 0 saturated heterocycles. The third-order valence-corrected chi connectivity index (χ3v) is 3.29. The smallest absolute Gasteiger partial charge is 0.0752 e. The number of hydrogen-bond acceptors (Lipinski definition) is 3. The first-order valence-electron chi connectivity index (χ1n) is 6.18. The van der Waals surface area contributed by atoms with Gasteiger partial charge in [0.1, 0.15) is 0 Å². The van der Waals surface area contributed by atoms with E-state index in [4.69, 9.17) is 5.21 Å². The maximum Gasteiger partial charge on any atom is 0.0752 e. The molecule has 100 valence electrons. The second kappa shape index (κ2) is 5.18. The maximum atomic E-state index is 8.67. The van der Waals surface area contributed by atoms with E-state index in [2.05, 4.69) is 38.9 Å². The minimum atomic E-state index is 0.927. The topological polar surface area (TPSA) is 40.8 Å². The molecule has 0 radical (unpaired) electrons. The summed E-state index contributed by atoms with van der Waals surface area (Å²) in [6, 6.07) is 10.4. The van der Waals surface area contributed by atoms with Gasteiger partial charge in [0, 0.05) is 42.4 Å². The molecule has 4 nitrogen and oxygen atoms in total. The van der Waals surface area contributed by atoms with E-state index in [1.165, 1.54) is 11.9 Å². The molecule has 0 spiro atoms. The number of rotatable bonds is 3. The highest BCUT2D eigenvalue weighted by Gasteiger charge is 2.09. The summed E-state index contributed by atoms with van der Waals surface area (Å²) in [7, 11) is 4.05. The van der Waals surface area contributed by atoms with Gasteiger partial charge in [0.2, 0.25) is 0 Å². The molecule has 2 aromatic rings. The van der Waals surface area contributed by atoms with Crippen LogP contribution in [0.3, 0.4) is 0 Å². The highest BCUT2D eigenvalue weighted by Crippen LogP contribution is 2.22. The van der Waals surface area contributed by atoms with Crippen molar-refractivity contribution in [2.75, 3.05) is 19.0 Å². The Labute approximate surface area is 113 Å². The van der Waals surface area contributed by atoms with E-state index >= 15 is 0 Å². The molecule has 4 heteroatoms. The van der Waals surface area contributed by atoms with Gasteiger partial charge >= 0.3 is 0 Å². The fraction of sp³-hybridized carbons (Fsp3) is 0.267. The summed E-state index contributed by atoms with van der Waals surface area (Å²) in [6.07, 6.45) is 1.47. The highest BCUT2D eigenvalue weighted by molar-refractivity contribution is 5.81. The van der Waals surface area contributed by atoms with Crippen molar-refractivity contribution in [1.29, 1.82) is 0 Å². The number of benzene rings is 1. The maximum absolute atomic E-state index is 8.67. The number of aryl methyl sites for hydroxylation is 1. The molecule has 0 unspecified atom stereocenters. The fourth-order valence-corrected chi connectivity index (χ4v) is 2.28. The van der Waals surface area contributed by atoms with Crippen LogP contribution in [-0.4, -0.2) is 30.1 Å².